The first-order valence-corrected chi connectivity index (χ1v) is 12.4. The molecule has 0 saturated carbocycles. The Morgan fingerprint density at radius 3 is 2.00 bits per heavy atom. The predicted molar refractivity (Wildman–Crippen MR) is 140 cm³/mol. The second-order valence-electron chi connectivity index (χ2n) is 8.01. The van der Waals surface area contributed by atoms with Crippen molar-refractivity contribution in [1.29, 1.82) is 0 Å². The maximum Gasteiger partial charge on any atom is 0.316 e. The Morgan fingerprint density at radius 2 is 1.43 bits per heavy atom. The molecule has 0 aliphatic heterocycles. The van der Waals surface area contributed by atoms with E-state index in [1.165, 1.54) is 11.8 Å². The van der Waals surface area contributed by atoms with Gasteiger partial charge in [-0.3, -0.25) is 9.59 Å². The van der Waals surface area contributed by atoms with Gasteiger partial charge in [-0.25, -0.2) is 4.68 Å². The van der Waals surface area contributed by atoms with Crippen molar-refractivity contribution < 1.29 is 14.3 Å². The van der Waals surface area contributed by atoms with Gasteiger partial charge in [-0.2, -0.15) is 5.10 Å². The normalized spacial score (nSPS) is 10.8. The lowest BCUT2D eigenvalue weighted by atomic mass is 10.0. The van der Waals surface area contributed by atoms with Crippen molar-refractivity contribution in [2.24, 2.45) is 0 Å². The average molecular weight is 486 g/mol. The first-order valence-electron chi connectivity index (χ1n) is 11.3. The molecular formula is C28H27N3O3S. The van der Waals surface area contributed by atoms with Gasteiger partial charge < -0.3 is 10.1 Å². The van der Waals surface area contributed by atoms with E-state index in [0.717, 1.165) is 22.5 Å². The van der Waals surface area contributed by atoms with Crippen LogP contribution in [0.2, 0.25) is 0 Å². The van der Waals surface area contributed by atoms with Crippen LogP contribution in [-0.2, 0) is 14.3 Å². The Labute approximate surface area is 209 Å². The molecule has 4 rings (SSSR count). The SMILES string of the molecule is Cc1nn(-c2ccccc2)c(C)c1NC(=O)COC(=O)CSC(c1ccccc1)c1ccccc1. The number of benzene rings is 3. The van der Waals surface area contributed by atoms with Crippen molar-refractivity contribution in [2.45, 2.75) is 19.1 Å². The van der Waals surface area contributed by atoms with Gasteiger partial charge in [0.15, 0.2) is 6.61 Å². The van der Waals surface area contributed by atoms with Gasteiger partial charge in [-0.05, 0) is 37.1 Å². The van der Waals surface area contributed by atoms with Gasteiger partial charge in [0.05, 0.1) is 33.8 Å². The lowest BCUT2D eigenvalue weighted by Crippen LogP contribution is -2.22. The van der Waals surface area contributed by atoms with E-state index in [1.54, 1.807) is 4.68 Å². The topological polar surface area (TPSA) is 73.2 Å². The summed E-state index contributed by atoms with van der Waals surface area (Å²) in [5.41, 5.74) is 5.24. The lowest BCUT2D eigenvalue weighted by Gasteiger charge is -2.17. The molecule has 0 bridgehead atoms. The van der Waals surface area contributed by atoms with Crippen LogP contribution in [0.3, 0.4) is 0 Å². The molecule has 0 saturated heterocycles. The fourth-order valence-corrected chi connectivity index (χ4v) is 4.88. The second kappa shape index (κ2) is 11.5. The molecule has 0 fully saturated rings. The van der Waals surface area contributed by atoms with Crippen LogP contribution < -0.4 is 5.32 Å². The number of carbonyl (C=O) groups excluding carboxylic acids is 2. The number of ether oxygens (including phenoxy) is 1. The summed E-state index contributed by atoms with van der Waals surface area (Å²) in [5.74, 6) is -0.702. The van der Waals surface area contributed by atoms with Crippen molar-refractivity contribution >= 4 is 29.3 Å². The van der Waals surface area contributed by atoms with E-state index >= 15 is 0 Å². The van der Waals surface area contributed by atoms with Gasteiger partial charge in [0.25, 0.3) is 5.91 Å². The largest absolute Gasteiger partial charge is 0.455 e. The van der Waals surface area contributed by atoms with Gasteiger partial charge in [0, 0.05) is 0 Å². The number of nitrogens with one attached hydrogen (secondary N) is 1. The van der Waals surface area contributed by atoms with Gasteiger partial charge in [-0.1, -0.05) is 78.9 Å². The predicted octanol–water partition coefficient (Wildman–Crippen LogP) is 5.49. The number of rotatable bonds is 9. The summed E-state index contributed by atoms with van der Waals surface area (Å²) in [7, 11) is 0. The van der Waals surface area contributed by atoms with Crippen LogP contribution in [0, 0.1) is 13.8 Å². The molecule has 0 aliphatic rings. The van der Waals surface area contributed by atoms with Crippen molar-refractivity contribution in [3.8, 4) is 5.69 Å². The third-order valence-electron chi connectivity index (χ3n) is 5.49. The number of anilines is 1. The van der Waals surface area contributed by atoms with Crippen LogP contribution in [0.5, 0.6) is 0 Å². The fourth-order valence-electron chi connectivity index (χ4n) is 3.80. The van der Waals surface area contributed by atoms with Crippen molar-refractivity contribution in [3.63, 3.8) is 0 Å². The molecule has 0 unspecified atom stereocenters. The third kappa shape index (κ3) is 6.19. The molecule has 1 heterocycles. The molecule has 0 aliphatic carbocycles. The van der Waals surface area contributed by atoms with Crippen molar-refractivity contribution in [1.82, 2.24) is 9.78 Å². The third-order valence-corrected chi connectivity index (χ3v) is 6.77. The number of aryl methyl sites for hydroxylation is 1. The van der Waals surface area contributed by atoms with Gasteiger partial charge in [-0.15, -0.1) is 11.8 Å². The Kier molecular flexibility index (Phi) is 8.00. The molecule has 1 amide bonds. The van der Waals surface area contributed by atoms with E-state index in [9.17, 15) is 9.59 Å². The molecule has 4 aromatic rings. The number of para-hydroxylation sites is 1. The number of hydrogen-bond donors (Lipinski definition) is 1. The summed E-state index contributed by atoms with van der Waals surface area (Å²) < 4.78 is 7.05. The van der Waals surface area contributed by atoms with E-state index in [4.69, 9.17) is 4.74 Å². The Bertz CT molecular complexity index is 1240. The number of carbonyl (C=O) groups is 2. The quantitative estimate of drug-likeness (QED) is 0.317. The van der Waals surface area contributed by atoms with Crippen LogP contribution >= 0.6 is 11.8 Å². The molecule has 0 atom stereocenters. The highest BCUT2D eigenvalue weighted by Gasteiger charge is 2.19. The highest BCUT2D eigenvalue weighted by atomic mass is 32.2. The zero-order chi connectivity index (χ0) is 24.6. The Hall–Kier alpha value is -3.84. The molecule has 1 aromatic heterocycles. The van der Waals surface area contributed by atoms with Gasteiger partial charge >= 0.3 is 5.97 Å². The first-order chi connectivity index (χ1) is 17.0. The number of nitrogens with zero attached hydrogens (tertiary/aromatic N) is 2. The molecule has 3 aromatic carbocycles. The number of thioether (sulfide) groups is 1. The number of hydrogen-bond acceptors (Lipinski definition) is 5. The van der Waals surface area contributed by atoms with Crippen molar-refractivity contribution in [3.05, 3.63) is 114 Å². The van der Waals surface area contributed by atoms with Crippen molar-refractivity contribution in [2.75, 3.05) is 17.7 Å². The Balaban J connectivity index is 1.33. The lowest BCUT2D eigenvalue weighted by molar-refractivity contribution is -0.144. The van der Waals surface area contributed by atoms with E-state index in [0.29, 0.717) is 11.4 Å². The van der Waals surface area contributed by atoms with Crippen LogP contribution in [0.1, 0.15) is 27.8 Å². The van der Waals surface area contributed by atoms with Crippen LogP contribution in [-0.4, -0.2) is 34.0 Å². The van der Waals surface area contributed by atoms with Crippen LogP contribution in [0.15, 0.2) is 91.0 Å². The highest BCUT2D eigenvalue weighted by molar-refractivity contribution is 8.00. The second-order valence-corrected chi connectivity index (χ2v) is 9.11. The summed E-state index contributed by atoms with van der Waals surface area (Å²) in [6.45, 7) is 3.37. The van der Waals surface area contributed by atoms with Gasteiger partial charge in [0.1, 0.15) is 0 Å². The fraction of sp³-hybridized carbons (Fsp3) is 0.179. The highest BCUT2D eigenvalue weighted by Crippen LogP contribution is 2.35. The number of esters is 1. The minimum absolute atomic E-state index is 0.00657. The van der Waals surface area contributed by atoms with E-state index < -0.39 is 11.9 Å². The minimum Gasteiger partial charge on any atom is -0.455 e. The molecular weight excluding hydrogens is 458 g/mol. The summed E-state index contributed by atoms with van der Waals surface area (Å²) >= 11 is 1.48. The summed E-state index contributed by atoms with van der Waals surface area (Å²) in [6, 6.07) is 29.8. The minimum atomic E-state index is -0.435. The average Bonchev–Trinajstić information content (AvgIpc) is 3.17. The summed E-state index contributed by atoms with van der Waals surface area (Å²) in [5, 5.41) is 7.35. The van der Waals surface area contributed by atoms with E-state index in [-0.39, 0.29) is 17.6 Å². The maximum absolute atomic E-state index is 12.5. The first kappa shape index (κ1) is 24.3. The molecule has 35 heavy (non-hydrogen) atoms. The monoisotopic (exact) mass is 485 g/mol. The van der Waals surface area contributed by atoms with E-state index in [1.807, 2.05) is 105 Å². The molecule has 178 valence electrons. The smallest absolute Gasteiger partial charge is 0.316 e. The number of aromatic nitrogens is 2. The molecule has 0 spiro atoms. The summed E-state index contributed by atoms with van der Waals surface area (Å²) in [4.78, 5) is 25.0. The molecule has 6 nitrogen and oxygen atoms in total. The zero-order valence-corrected chi connectivity index (χ0v) is 20.5. The van der Waals surface area contributed by atoms with Crippen LogP contribution in [0.4, 0.5) is 5.69 Å². The van der Waals surface area contributed by atoms with E-state index in [2.05, 4.69) is 10.4 Å². The standard InChI is InChI=1S/C28H27N3O3S/c1-20-27(21(2)31(30-20)24-16-10-5-11-17-24)29-25(32)18-34-26(33)19-35-28(22-12-6-3-7-13-22)23-14-8-4-9-15-23/h3-17,28H,18-19H2,1-2H3,(H,29,32). The molecule has 1 N–H and O–H groups in total. The molecule has 0 radical (unpaired) electrons. The zero-order valence-electron chi connectivity index (χ0n) is 19.7. The summed E-state index contributed by atoms with van der Waals surface area (Å²) in [6.07, 6.45) is 0. The number of amides is 1. The van der Waals surface area contributed by atoms with Crippen LogP contribution in [0.25, 0.3) is 5.69 Å². The Morgan fingerprint density at radius 1 is 0.886 bits per heavy atom. The molecule has 7 heteroatoms. The van der Waals surface area contributed by atoms with Gasteiger partial charge in [0.2, 0.25) is 0 Å². The maximum atomic E-state index is 12.5.